The maximum absolute atomic E-state index is 11.6. The van der Waals surface area contributed by atoms with E-state index in [1.807, 2.05) is 0 Å². The van der Waals surface area contributed by atoms with Crippen LogP contribution in [-0.4, -0.2) is 47.4 Å². The van der Waals surface area contributed by atoms with Gasteiger partial charge >= 0.3 is 0 Å². The summed E-state index contributed by atoms with van der Waals surface area (Å²) in [5.41, 5.74) is 1.48. The minimum absolute atomic E-state index is 0. The van der Waals surface area contributed by atoms with Gasteiger partial charge in [-0.3, -0.25) is 4.79 Å². The zero-order valence-corrected chi connectivity index (χ0v) is 14.2. The number of methoxy groups -OCH3 is 1. The van der Waals surface area contributed by atoms with Crippen molar-refractivity contribution in [2.75, 3.05) is 38.4 Å². The Kier molecular flexibility index (Phi) is 9.95. The van der Waals surface area contributed by atoms with Crippen molar-refractivity contribution in [3.63, 3.8) is 0 Å². The Morgan fingerprint density at radius 2 is 1.86 bits per heavy atom. The third-order valence-electron chi connectivity index (χ3n) is 2.54. The van der Waals surface area contributed by atoms with Gasteiger partial charge in [0.2, 0.25) is 15.9 Å². The molecule has 1 rings (SSSR count). The molecule has 3 N–H and O–H groups in total. The van der Waals surface area contributed by atoms with Crippen LogP contribution < -0.4 is 15.4 Å². The number of carbonyl (C=O) groups excluding carboxylic acids is 1. The molecule has 1 amide bonds. The van der Waals surface area contributed by atoms with E-state index < -0.39 is 10.0 Å². The number of benzene rings is 1. The molecular formula is C13H22ClN3O4S. The Labute approximate surface area is 137 Å². The molecule has 0 bridgehead atoms. The highest BCUT2D eigenvalue weighted by Crippen LogP contribution is 2.09. The van der Waals surface area contributed by atoms with E-state index in [9.17, 15) is 13.2 Å². The number of halogens is 1. The Hall–Kier alpha value is -1.19. The van der Waals surface area contributed by atoms with Crippen LogP contribution in [0.2, 0.25) is 0 Å². The van der Waals surface area contributed by atoms with E-state index >= 15 is 0 Å². The highest BCUT2D eigenvalue weighted by molar-refractivity contribution is 7.88. The molecule has 0 heterocycles. The average molecular weight is 352 g/mol. The largest absolute Gasteiger partial charge is 0.383 e. The summed E-state index contributed by atoms with van der Waals surface area (Å²) in [6.07, 6.45) is 1.11. The maximum Gasteiger partial charge on any atom is 0.238 e. The van der Waals surface area contributed by atoms with Gasteiger partial charge in [-0.25, -0.2) is 13.1 Å². The maximum atomic E-state index is 11.6. The topological polar surface area (TPSA) is 96.5 Å². The minimum Gasteiger partial charge on any atom is -0.383 e. The molecule has 7 nitrogen and oxygen atoms in total. The van der Waals surface area contributed by atoms with Gasteiger partial charge in [0, 0.05) is 25.9 Å². The summed E-state index contributed by atoms with van der Waals surface area (Å²) < 4.78 is 29.2. The second kappa shape index (κ2) is 10.5. The minimum atomic E-state index is -3.20. The molecule has 0 fully saturated rings. The smallest absolute Gasteiger partial charge is 0.238 e. The molecule has 1 aromatic rings. The predicted octanol–water partition coefficient (Wildman–Crippen LogP) is 0.332. The van der Waals surface area contributed by atoms with Gasteiger partial charge in [-0.2, -0.15) is 0 Å². The molecular weight excluding hydrogens is 330 g/mol. The van der Waals surface area contributed by atoms with Crippen LogP contribution in [0.1, 0.15) is 5.56 Å². The Balaban J connectivity index is 0.00000441. The number of anilines is 1. The number of rotatable bonds is 9. The first-order chi connectivity index (χ1) is 9.90. The standard InChI is InChI=1S/C13H21N3O4S.ClH/c1-20-8-7-14-10-13(17)16-12-5-3-11(4-6-12)9-15-21(2,18)19;/h3-6,14-15H,7-10H2,1-2H3,(H,16,17);1H. The van der Waals surface area contributed by atoms with Crippen molar-refractivity contribution in [3.8, 4) is 0 Å². The predicted molar refractivity (Wildman–Crippen MR) is 88.7 cm³/mol. The fourth-order valence-electron chi connectivity index (χ4n) is 1.50. The van der Waals surface area contributed by atoms with Crippen LogP contribution in [0.25, 0.3) is 0 Å². The van der Waals surface area contributed by atoms with Crippen molar-refractivity contribution in [1.82, 2.24) is 10.0 Å². The normalized spacial score (nSPS) is 10.8. The highest BCUT2D eigenvalue weighted by Gasteiger charge is 2.03. The zero-order valence-electron chi connectivity index (χ0n) is 12.6. The first-order valence-electron chi connectivity index (χ1n) is 6.44. The van der Waals surface area contributed by atoms with Crippen molar-refractivity contribution < 1.29 is 17.9 Å². The number of carbonyl (C=O) groups is 1. The lowest BCUT2D eigenvalue weighted by molar-refractivity contribution is -0.115. The third kappa shape index (κ3) is 9.69. The van der Waals surface area contributed by atoms with E-state index in [1.54, 1.807) is 31.4 Å². The fraction of sp³-hybridized carbons (Fsp3) is 0.462. The van der Waals surface area contributed by atoms with Gasteiger partial charge in [0.25, 0.3) is 0 Å². The van der Waals surface area contributed by atoms with Crippen LogP contribution in [0.3, 0.4) is 0 Å². The van der Waals surface area contributed by atoms with Gasteiger partial charge in [-0.1, -0.05) is 12.1 Å². The molecule has 22 heavy (non-hydrogen) atoms. The van der Waals surface area contributed by atoms with E-state index in [2.05, 4.69) is 15.4 Å². The molecule has 0 unspecified atom stereocenters. The van der Waals surface area contributed by atoms with Crippen molar-refractivity contribution in [2.45, 2.75) is 6.54 Å². The Morgan fingerprint density at radius 1 is 1.23 bits per heavy atom. The van der Waals surface area contributed by atoms with Crippen LogP contribution in [0.4, 0.5) is 5.69 Å². The second-order valence-electron chi connectivity index (χ2n) is 4.51. The summed E-state index contributed by atoms with van der Waals surface area (Å²) in [6.45, 7) is 1.60. The lowest BCUT2D eigenvalue weighted by Crippen LogP contribution is -2.30. The van der Waals surface area contributed by atoms with Gasteiger partial charge in [0.15, 0.2) is 0 Å². The average Bonchev–Trinajstić information content (AvgIpc) is 2.42. The van der Waals surface area contributed by atoms with Crippen LogP contribution in [0.5, 0.6) is 0 Å². The van der Waals surface area contributed by atoms with Crippen LogP contribution in [0.15, 0.2) is 24.3 Å². The zero-order chi connectivity index (χ0) is 15.7. The first-order valence-corrected chi connectivity index (χ1v) is 8.33. The highest BCUT2D eigenvalue weighted by atomic mass is 35.5. The van der Waals surface area contributed by atoms with Crippen LogP contribution >= 0.6 is 12.4 Å². The van der Waals surface area contributed by atoms with E-state index in [0.717, 1.165) is 11.8 Å². The number of amides is 1. The van der Waals surface area contributed by atoms with E-state index in [1.165, 1.54) is 0 Å². The summed E-state index contributed by atoms with van der Waals surface area (Å²) >= 11 is 0. The summed E-state index contributed by atoms with van der Waals surface area (Å²) in [7, 11) is -1.61. The van der Waals surface area contributed by atoms with Gasteiger partial charge in [-0.05, 0) is 17.7 Å². The summed E-state index contributed by atoms with van der Waals surface area (Å²) in [5.74, 6) is -0.145. The van der Waals surface area contributed by atoms with Crippen molar-refractivity contribution in [1.29, 1.82) is 0 Å². The van der Waals surface area contributed by atoms with Crippen molar-refractivity contribution >= 4 is 34.0 Å². The monoisotopic (exact) mass is 351 g/mol. The van der Waals surface area contributed by atoms with Gasteiger partial charge in [-0.15, -0.1) is 12.4 Å². The number of hydrogen-bond acceptors (Lipinski definition) is 5. The molecule has 0 aliphatic heterocycles. The SMILES string of the molecule is COCCNCC(=O)Nc1ccc(CNS(C)(=O)=O)cc1.Cl. The molecule has 126 valence electrons. The van der Waals surface area contributed by atoms with Gasteiger partial charge in [0.1, 0.15) is 0 Å². The number of nitrogens with one attached hydrogen (secondary N) is 3. The molecule has 9 heteroatoms. The molecule has 0 aromatic heterocycles. The summed E-state index contributed by atoms with van der Waals surface area (Å²) in [5, 5.41) is 5.68. The Morgan fingerprint density at radius 3 is 2.41 bits per heavy atom. The second-order valence-corrected chi connectivity index (χ2v) is 6.34. The molecule has 0 aliphatic rings. The van der Waals surface area contributed by atoms with Gasteiger partial charge < -0.3 is 15.4 Å². The Bertz CT molecular complexity index is 549. The molecule has 0 spiro atoms. The number of sulfonamides is 1. The summed E-state index contributed by atoms with van der Waals surface area (Å²) in [6, 6.07) is 6.97. The lowest BCUT2D eigenvalue weighted by Gasteiger charge is -2.08. The summed E-state index contributed by atoms with van der Waals surface area (Å²) in [4.78, 5) is 11.6. The number of hydrogen-bond donors (Lipinski definition) is 3. The fourth-order valence-corrected chi connectivity index (χ4v) is 1.93. The van der Waals surface area contributed by atoms with E-state index in [-0.39, 0.29) is 31.4 Å². The molecule has 1 aromatic carbocycles. The molecule has 0 atom stereocenters. The van der Waals surface area contributed by atoms with E-state index in [4.69, 9.17) is 4.74 Å². The molecule has 0 saturated heterocycles. The molecule has 0 aliphatic carbocycles. The first kappa shape index (κ1) is 20.8. The van der Waals surface area contributed by atoms with Crippen molar-refractivity contribution in [3.05, 3.63) is 29.8 Å². The lowest BCUT2D eigenvalue weighted by atomic mass is 10.2. The molecule has 0 radical (unpaired) electrons. The van der Waals surface area contributed by atoms with E-state index in [0.29, 0.717) is 18.8 Å². The quantitative estimate of drug-likeness (QED) is 0.557. The van der Waals surface area contributed by atoms with Crippen molar-refractivity contribution in [2.24, 2.45) is 0 Å². The number of ether oxygens (including phenoxy) is 1. The van der Waals surface area contributed by atoms with Crippen LogP contribution in [0, 0.1) is 0 Å². The third-order valence-corrected chi connectivity index (χ3v) is 3.21. The van der Waals surface area contributed by atoms with Crippen LogP contribution in [-0.2, 0) is 26.1 Å². The molecule has 0 saturated carbocycles. The van der Waals surface area contributed by atoms with Gasteiger partial charge in [0.05, 0.1) is 19.4 Å².